The van der Waals surface area contributed by atoms with Crippen molar-refractivity contribution < 1.29 is 26.8 Å². The molecule has 0 spiro atoms. The smallest absolute Gasteiger partial charge is 0.394 e. The van der Waals surface area contributed by atoms with Crippen LogP contribution in [0.15, 0.2) is 57.7 Å². The Morgan fingerprint density at radius 1 is 1.21 bits per heavy atom. The van der Waals surface area contributed by atoms with Gasteiger partial charge in [-0.2, -0.15) is 10.1 Å². The van der Waals surface area contributed by atoms with E-state index < -0.39 is 33.9 Å². The van der Waals surface area contributed by atoms with Gasteiger partial charge >= 0.3 is 6.08 Å². The molecule has 0 atom stereocenters. The van der Waals surface area contributed by atoms with Gasteiger partial charge < -0.3 is 14.5 Å². The number of oxazole rings is 1. The van der Waals surface area contributed by atoms with E-state index >= 15 is 4.39 Å². The molecule has 5 rings (SSSR count). The van der Waals surface area contributed by atoms with E-state index in [0.717, 1.165) is 24.0 Å². The monoisotopic (exact) mass is 592 g/mol. The number of aryl methyl sites for hydroxylation is 1. The van der Waals surface area contributed by atoms with E-state index in [1.165, 1.54) is 25.3 Å². The molecule has 39 heavy (non-hydrogen) atoms. The maximum absolute atomic E-state index is 15.4. The Labute approximate surface area is 233 Å². The molecule has 1 N–H and O–H groups in total. The van der Waals surface area contributed by atoms with Gasteiger partial charge in [-0.25, -0.2) is 12.8 Å². The molecular formula is C26H23Cl2FN4O5S. The lowest BCUT2D eigenvalue weighted by Gasteiger charge is -2.19. The van der Waals surface area contributed by atoms with Crippen LogP contribution < -0.4 is 10.1 Å². The topological polar surface area (TPSA) is 116 Å². The second kappa shape index (κ2) is 11.0. The molecular weight excluding hydrogens is 570 g/mol. The quantitative estimate of drug-likeness (QED) is 0.306. The lowest BCUT2D eigenvalue weighted by atomic mass is 9.92. The number of carbonyl (C=O) groups is 1. The van der Waals surface area contributed by atoms with Crippen LogP contribution in [0.4, 0.5) is 4.39 Å². The van der Waals surface area contributed by atoms with Crippen molar-refractivity contribution in [1.29, 1.82) is 0 Å². The number of amides is 1. The Morgan fingerprint density at radius 3 is 2.79 bits per heavy atom. The zero-order valence-corrected chi connectivity index (χ0v) is 23.0. The minimum atomic E-state index is -4.02. The Balaban J connectivity index is 1.30. The second-order valence-corrected chi connectivity index (χ2v) is 11.8. The summed E-state index contributed by atoms with van der Waals surface area (Å²) in [6.07, 6.45) is 3.61. The summed E-state index contributed by atoms with van der Waals surface area (Å²) in [5.74, 6) is -2.25. The first-order chi connectivity index (χ1) is 18.6. The van der Waals surface area contributed by atoms with E-state index in [9.17, 15) is 13.2 Å². The highest BCUT2D eigenvalue weighted by molar-refractivity contribution is 7.92. The molecule has 0 saturated carbocycles. The first-order valence-corrected chi connectivity index (χ1v) is 14.4. The number of aromatic nitrogens is 3. The molecule has 2 heterocycles. The van der Waals surface area contributed by atoms with Gasteiger partial charge in [0.2, 0.25) is 5.91 Å². The number of nitrogens with zero attached hydrogens (tertiary/aromatic N) is 3. The van der Waals surface area contributed by atoms with Crippen molar-refractivity contribution in [2.45, 2.75) is 30.7 Å². The number of hydrogen-bond donors (Lipinski definition) is 1. The fourth-order valence-corrected chi connectivity index (χ4v) is 6.12. The third-order valence-corrected chi connectivity index (χ3v) is 8.57. The molecule has 1 amide bonds. The van der Waals surface area contributed by atoms with Crippen LogP contribution in [-0.2, 0) is 27.6 Å². The van der Waals surface area contributed by atoms with Gasteiger partial charge in [0.1, 0.15) is 17.1 Å². The molecule has 204 valence electrons. The number of rotatable bonds is 8. The Kier molecular flexibility index (Phi) is 7.66. The summed E-state index contributed by atoms with van der Waals surface area (Å²) >= 11 is 12.3. The summed E-state index contributed by atoms with van der Waals surface area (Å²) < 4.78 is 53.0. The molecule has 0 radical (unpaired) electrons. The molecule has 0 unspecified atom stereocenters. The summed E-state index contributed by atoms with van der Waals surface area (Å²) in [5.41, 5.74) is 3.35. The predicted molar refractivity (Wildman–Crippen MR) is 144 cm³/mol. The van der Waals surface area contributed by atoms with Crippen molar-refractivity contribution in [3.05, 3.63) is 75.3 Å². The molecule has 2 aromatic carbocycles. The molecule has 4 aromatic rings. The first kappa shape index (κ1) is 27.2. The maximum atomic E-state index is 15.4. The normalized spacial score (nSPS) is 14.8. The van der Waals surface area contributed by atoms with Crippen LogP contribution in [0.2, 0.25) is 10.0 Å². The Bertz CT molecular complexity index is 1710. The predicted octanol–water partition coefficient (Wildman–Crippen LogP) is 5.00. The number of benzene rings is 2. The highest BCUT2D eigenvalue weighted by atomic mass is 35.5. The number of fused-ring (bicyclic) bond motifs is 2. The molecule has 0 fully saturated rings. The van der Waals surface area contributed by atoms with Gasteiger partial charge in [0.15, 0.2) is 15.4 Å². The van der Waals surface area contributed by atoms with Crippen molar-refractivity contribution in [3.8, 4) is 6.08 Å². The molecule has 0 saturated heterocycles. The number of ether oxygens (including phenoxy) is 1. The summed E-state index contributed by atoms with van der Waals surface area (Å²) in [7, 11) is -2.65. The van der Waals surface area contributed by atoms with Crippen molar-refractivity contribution in [3.63, 3.8) is 0 Å². The van der Waals surface area contributed by atoms with Gasteiger partial charge in [0, 0.05) is 21.7 Å². The third kappa shape index (κ3) is 5.80. The largest absolute Gasteiger partial charge is 0.453 e. The lowest BCUT2D eigenvalue weighted by molar-refractivity contribution is -0.118. The van der Waals surface area contributed by atoms with Crippen molar-refractivity contribution in [2.24, 2.45) is 0 Å². The zero-order valence-electron chi connectivity index (χ0n) is 20.7. The van der Waals surface area contributed by atoms with E-state index in [1.54, 1.807) is 29.1 Å². The number of carbonyl (C=O) groups excluding carboxylic acids is 1. The van der Waals surface area contributed by atoms with E-state index in [0.29, 0.717) is 39.8 Å². The van der Waals surface area contributed by atoms with E-state index in [2.05, 4.69) is 15.4 Å². The molecule has 13 heteroatoms. The van der Waals surface area contributed by atoms with Crippen molar-refractivity contribution in [2.75, 3.05) is 19.4 Å². The van der Waals surface area contributed by atoms with Crippen molar-refractivity contribution >= 4 is 55.6 Å². The summed E-state index contributed by atoms with van der Waals surface area (Å²) in [6.45, 7) is -0.136. The number of sulfone groups is 1. The van der Waals surface area contributed by atoms with Gasteiger partial charge in [-0.15, -0.1) is 0 Å². The van der Waals surface area contributed by atoms with Crippen LogP contribution in [0.1, 0.15) is 29.7 Å². The first-order valence-electron chi connectivity index (χ1n) is 11.9. The van der Waals surface area contributed by atoms with Gasteiger partial charge in [-0.1, -0.05) is 29.3 Å². The minimum absolute atomic E-state index is 0.00993. The fourth-order valence-electron chi connectivity index (χ4n) is 4.48. The average Bonchev–Trinajstić information content (AvgIpc) is 3.52. The fraction of sp³-hybridized carbons (Fsp3) is 0.269. The van der Waals surface area contributed by atoms with Crippen molar-refractivity contribution in [1.82, 2.24) is 20.1 Å². The molecule has 1 aliphatic carbocycles. The van der Waals surface area contributed by atoms with Gasteiger partial charge in [-0.05, 0) is 54.7 Å². The third-order valence-electron chi connectivity index (χ3n) is 6.37. The summed E-state index contributed by atoms with van der Waals surface area (Å²) in [6, 6.07) is 9.20. The highest BCUT2D eigenvalue weighted by Crippen LogP contribution is 2.34. The standard InChI is InChI=1S/C26H23Cl2FN4O5S/c1-37-26-32-22-8-7-18(10-23(22)38-26)39(35,36)14-24(34)30-12-21(29)19-4-2-3-15-11-31-33(25(15)19)13-16-5-6-17(27)9-20(16)28/h5-11H,2-4,12-14H2,1H3,(H,30,34)/b21-19-. The Hall–Kier alpha value is -3.41. The zero-order chi connectivity index (χ0) is 27.7. The lowest BCUT2D eigenvalue weighted by Crippen LogP contribution is -2.31. The molecule has 9 nitrogen and oxygen atoms in total. The van der Waals surface area contributed by atoms with Crippen LogP contribution in [0.5, 0.6) is 6.08 Å². The van der Waals surface area contributed by atoms with Gasteiger partial charge in [-0.3, -0.25) is 9.48 Å². The summed E-state index contributed by atoms with van der Waals surface area (Å²) in [4.78, 5) is 16.4. The number of hydrogen-bond acceptors (Lipinski definition) is 7. The van der Waals surface area contributed by atoms with Crippen LogP contribution >= 0.6 is 23.2 Å². The molecule has 0 bridgehead atoms. The Morgan fingerprint density at radius 2 is 2.03 bits per heavy atom. The highest BCUT2D eigenvalue weighted by Gasteiger charge is 2.25. The number of allylic oxidation sites excluding steroid dienone is 1. The molecule has 1 aliphatic rings. The number of nitrogens with one attached hydrogen (secondary N) is 1. The van der Waals surface area contributed by atoms with Gasteiger partial charge in [0.05, 0.1) is 37.0 Å². The average molecular weight is 593 g/mol. The number of halogens is 3. The summed E-state index contributed by atoms with van der Waals surface area (Å²) in [5, 5.41) is 7.81. The van der Waals surface area contributed by atoms with Crippen LogP contribution in [0.3, 0.4) is 0 Å². The van der Waals surface area contributed by atoms with Crippen LogP contribution in [0.25, 0.3) is 16.7 Å². The molecule has 0 aliphatic heterocycles. The maximum Gasteiger partial charge on any atom is 0.394 e. The van der Waals surface area contributed by atoms with E-state index in [-0.39, 0.29) is 16.6 Å². The minimum Gasteiger partial charge on any atom is -0.453 e. The van der Waals surface area contributed by atoms with E-state index in [4.69, 9.17) is 32.4 Å². The molecule has 2 aromatic heterocycles. The van der Waals surface area contributed by atoms with Gasteiger partial charge in [0.25, 0.3) is 0 Å². The SMILES string of the molecule is COc1nc2ccc(S(=O)(=O)CC(=O)NC/C(F)=C3\CCCc4cnn(Cc5ccc(Cl)cc5Cl)c43)cc2o1. The van der Waals surface area contributed by atoms with E-state index in [1.807, 2.05) is 0 Å². The van der Waals surface area contributed by atoms with Crippen LogP contribution in [0, 0.1) is 0 Å². The number of methoxy groups -OCH3 is 1. The van der Waals surface area contributed by atoms with Crippen LogP contribution in [-0.4, -0.2) is 48.5 Å². The second-order valence-electron chi connectivity index (χ2n) is 9.00.